The second-order valence-electron chi connectivity index (χ2n) is 7.47. The van der Waals surface area contributed by atoms with Gasteiger partial charge in [-0.3, -0.25) is 9.68 Å². The minimum atomic E-state index is 0.128. The van der Waals surface area contributed by atoms with Crippen LogP contribution in [0.15, 0.2) is 0 Å². The largest absolute Gasteiger partial charge is 0.396 e. The molecule has 0 saturated heterocycles. The van der Waals surface area contributed by atoms with Gasteiger partial charge in [0.05, 0.1) is 19.8 Å². The fourth-order valence-electron chi connectivity index (χ4n) is 3.06. The third-order valence-electron chi connectivity index (χ3n) is 4.77. The molecule has 0 aromatic rings. The molecule has 0 spiro atoms. The maximum atomic E-state index is 8.83. The maximum Gasteiger partial charge on any atom is 0.0733 e. The van der Waals surface area contributed by atoms with Gasteiger partial charge in [-0.05, 0) is 19.3 Å². The molecule has 0 aliphatic rings. The molecule has 0 aromatic carbocycles. The van der Waals surface area contributed by atoms with Crippen LogP contribution in [-0.4, -0.2) is 48.4 Å². The van der Waals surface area contributed by atoms with Gasteiger partial charge in [0.2, 0.25) is 0 Å². The monoisotopic (exact) mass is 389 g/mol. The molecular weight excluding hydrogens is 342 g/mol. The van der Waals surface area contributed by atoms with Crippen LogP contribution in [-0.2, 0) is 9.68 Å². The minimum absolute atomic E-state index is 0.128. The lowest BCUT2D eigenvalue weighted by Gasteiger charge is -2.20. The highest BCUT2D eigenvalue weighted by atomic mass is 16.9. The lowest BCUT2D eigenvalue weighted by atomic mass is 10.0. The van der Waals surface area contributed by atoms with E-state index in [0.29, 0.717) is 26.1 Å². The molecular formula is C22H47NO4. The van der Waals surface area contributed by atoms with Gasteiger partial charge in [0.15, 0.2) is 0 Å². The number of hydrogen-bond donors (Lipinski definition) is 2. The van der Waals surface area contributed by atoms with Crippen LogP contribution in [0.3, 0.4) is 0 Å². The maximum absolute atomic E-state index is 8.83. The van der Waals surface area contributed by atoms with Crippen molar-refractivity contribution in [2.24, 2.45) is 0 Å². The van der Waals surface area contributed by atoms with Crippen LogP contribution in [0.25, 0.3) is 0 Å². The van der Waals surface area contributed by atoms with Crippen LogP contribution in [0.2, 0.25) is 0 Å². The summed E-state index contributed by atoms with van der Waals surface area (Å²) in [6.07, 6.45) is 20.1. The predicted octanol–water partition coefficient (Wildman–Crippen LogP) is 5.40. The van der Waals surface area contributed by atoms with Gasteiger partial charge in [-0.25, -0.2) is 0 Å². The zero-order chi connectivity index (χ0) is 19.8. The molecule has 0 unspecified atom stereocenters. The van der Waals surface area contributed by atoms with Gasteiger partial charge in [-0.1, -0.05) is 95.6 Å². The quantitative estimate of drug-likeness (QED) is 0.181. The highest BCUT2D eigenvalue weighted by Gasteiger charge is 2.06. The topological polar surface area (TPSA) is 62.2 Å². The van der Waals surface area contributed by atoms with Gasteiger partial charge in [-0.2, -0.15) is 0 Å². The average Bonchev–Trinajstić information content (AvgIpc) is 2.68. The van der Waals surface area contributed by atoms with Crippen molar-refractivity contribution in [1.29, 1.82) is 0 Å². The fourth-order valence-corrected chi connectivity index (χ4v) is 3.06. The standard InChI is InChI=1S/C22H47NO4/c1-2-3-4-5-6-7-8-9-10-11-12-13-14-15-18-23(26-21-16-19-24)27-22-17-20-25/h24-25H,2-22H2,1H3. The Bertz CT molecular complexity index is 257. The van der Waals surface area contributed by atoms with E-state index in [1.54, 1.807) is 0 Å². The third kappa shape index (κ3) is 22.0. The van der Waals surface area contributed by atoms with E-state index in [9.17, 15) is 0 Å². The Morgan fingerprint density at radius 2 is 0.889 bits per heavy atom. The van der Waals surface area contributed by atoms with Crippen LogP contribution in [0, 0.1) is 0 Å². The van der Waals surface area contributed by atoms with Crippen molar-refractivity contribution < 1.29 is 19.9 Å². The van der Waals surface area contributed by atoms with Crippen molar-refractivity contribution in [2.45, 2.75) is 110 Å². The molecule has 0 atom stereocenters. The summed E-state index contributed by atoms with van der Waals surface area (Å²) in [5.74, 6) is 0. The molecule has 0 rings (SSSR count). The molecule has 5 nitrogen and oxygen atoms in total. The van der Waals surface area contributed by atoms with Gasteiger partial charge in [0.1, 0.15) is 0 Å². The fraction of sp³-hybridized carbons (Fsp3) is 1.00. The molecule has 27 heavy (non-hydrogen) atoms. The Labute approximate surface area is 168 Å². The first-order valence-corrected chi connectivity index (χ1v) is 11.6. The Hall–Kier alpha value is -0.200. The first kappa shape index (κ1) is 26.8. The number of aliphatic hydroxyl groups is 2. The Morgan fingerprint density at radius 3 is 1.26 bits per heavy atom. The van der Waals surface area contributed by atoms with Crippen molar-refractivity contribution in [3.8, 4) is 0 Å². The average molecular weight is 390 g/mol. The van der Waals surface area contributed by atoms with Gasteiger partial charge in [-0.15, -0.1) is 0 Å². The van der Waals surface area contributed by atoms with Gasteiger partial charge in [0, 0.05) is 13.2 Å². The van der Waals surface area contributed by atoms with E-state index in [1.807, 2.05) is 0 Å². The molecule has 164 valence electrons. The van der Waals surface area contributed by atoms with Crippen molar-refractivity contribution in [3.63, 3.8) is 0 Å². The van der Waals surface area contributed by atoms with Crippen molar-refractivity contribution >= 4 is 0 Å². The van der Waals surface area contributed by atoms with E-state index >= 15 is 0 Å². The Balaban J connectivity index is 3.39. The lowest BCUT2D eigenvalue weighted by Crippen LogP contribution is -2.27. The van der Waals surface area contributed by atoms with Crippen molar-refractivity contribution in [1.82, 2.24) is 5.23 Å². The molecule has 0 fully saturated rings. The summed E-state index contributed by atoms with van der Waals surface area (Å²) in [7, 11) is 0. The first-order chi connectivity index (χ1) is 13.3. The molecule has 0 radical (unpaired) electrons. The number of hydroxylamine groups is 2. The number of rotatable bonds is 23. The van der Waals surface area contributed by atoms with Crippen LogP contribution in [0.5, 0.6) is 0 Å². The number of hydrogen-bond acceptors (Lipinski definition) is 5. The third-order valence-corrected chi connectivity index (χ3v) is 4.77. The molecule has 0 heterocycles. The molecule has 5 heteroatoms. The summed E-state index contributed by atoms with van der Waals surface area (Å²) in [5.41, 5.74) is 0. The molecule has 0 aliphatic carbocycles. The summed E-state index contributed by atoms with van der Waals surface area (Å²) in [5, 5.41) is 19.2. The lowest BCUT2D eigenvalue weighted by molar-refractivity contribution is -0.369. The highest BCUT2D eigenvalue weighted by Crippen LogP contribution is 2.13. The van der Waals surface area contributed by atoms with E-state index in [-0.39, 0.29) is 13.2 Å². The predicted molar refractivity (Wildman–Crippen MR) is 112 cm³/mol. The normalized spacial score (nSPS) is 11.6. The summed E-state index contributed by atoms with van der Waals surface area (Å²) in [6.45, 7) is 4.21. The summed E-state index contributed by atoms with van der Waals surface area (Å²) < 4.78 is 0. The molecule has 0 bridgehead atoms. The van der Waals surface area contributed by atoms with E-state index in [4.69, 9.17) is 19.9 Å². The second kappa shape index (κ2) is 23.8. The Kier molecular flexibility index (Phi) is 23.7. The second-order valence-corrected chi connectivity index (χ2v) is 7.47. The summed E-state index contributed by atoms with van der Waals surface area (Å²) in [6, 6.07) is 0. The van der Waals surface area contributed by atoms with E-state index in [2.05, 4.69) is 6.92 Å². The smallest absolute Gasteiger partial charge is 0.0733 e. The van der Waals surface area contributed by atoms with E-state index < -0.39 is 0 Å². The van der Waals surface area contributed by atoms with Crippen LogP contribution < -0.4 is 0 Å². The van der Waals surface area contributed by atoms with Gasteiger partial charge >= 0.3 is 0 Å². The van der Waals surface area contributed by atoms with E-state index in [0.717, 1.165) is 13.0 Å². The van der Waals surface area contributed by atoms with Crippen LogP contribution in [0.4, 0.5) is 0 Å². The molecule has 2 N–H and O–H groups in total. The van der Waals surface area contributed by atoms with Gasteiger partial charge in [0.25, 0.3) is 0 Å². The molecule has 0 amide bonds. The first-order valence-electron chi connectivity index (χ1n) is 11.6. The number of aliphatic hydroxyl groups excluding tert-OH is 2. The van der Waals surface area contributed by atoms with Crippen LogP contribution >= 0.6 is 0 Å². The Morgan fingerprint density at radius 1 is 0.519 bits per heavy atom. The number of nitrogens with zero attached hydrogens (tertiary/aromatic N) is 1. The SMILES string of the molecule is CCCCCCCCCCCCCCCCN(OCCCO)OCCCO. The zero-order valence-electron chi connectivity index (χ0n) is 18.0. The molecule has 0 saturated carbocycles. The highest BCUT2D eigenvalue weighted by molar-refractivity contribution is 4.50. The summed E-state index contributed by atoms with van der Waals surface area (Å²) in [4.78, 5) is 11.0. The molecule has 0 aliphatic heterocycles. The minimum Gasteiger partial charge on any atom is -0.396 e. The van der Waals surface area contributed by atoms with Crippen molar-refractivity contribution in [3.05, 3.63) is 0 Å². The van der Waals surface area contributed by atoms with Crippen LogP contribution in [0.1, 0.15) is 110 Å². The van der Waals surface area contributed by atoms with Gasteiger partial charge < -0.3 is 10.2 Å². The van der Waals surface area contributed by atoms with Crippen molar-refractivity contribution in [2.75, 3.05) is 33.0 Å². The summed E-state index contributed by atoms with van der Waals surface area (Å²) >= 11 is 0. The van der Waals surface area contributed by atoms with E-state index in [1.165, 1.54) is 88.7 Å². The number of unbranched alkanes of at least 4 members (excludes halogenated alkanes) is 13. The molecule has 0 aromatic heterocycles. The zero-order valence-corrected chi connectivity index (χ0v) is 18.0.